The lowest BCUT2D eigenvalue weighted by atomic mass is 10.0. The highest BCUT2D eigenvalue weighted by Crippen LogP contribution is 2.20. The molecule has 20 heavy (non-hydrogen) atoms. The zero-order chi connectivity index (χ0) is 14.6. The third kappa shape index (κ3) is 4.09. The van der Waals surface area contributed by atoms with Gasteiger partial charge in [-0.05, 0) is 25.5 Å². The van der Waals surface area contributed by atoms with E-state index >= 15 is 0 Å². The molecule has 0 spiro atoms. The Morgan fingerprint density at radius 2 is 2.20 bits per heavy atom. The zero-order valence-electron chi connectivity index (χ0n) is 11.5. The second kappa shape index (κ2) is 5.99. The Hall–Kier alpha value is -1.31. The lowest BCUT2D eigenvalue weighted by molar-refractivity contribution is 0.178. The number of para-hydroxylation sites is 2. The molecule has 1 heterocycles. The molecule has 0 radical (unpaired) electrons. The summed E-state index contributed by atoms with van der Waals surface area (Å²) in [6.07, 6.45) is 0.679. The van der Waals surface area contributed by atoms with E-state index < -0.39 is 15.6 Å². The lowest BCUT2D eigenvalue weighted by Crippen LogP contribution is -2.47. The van der Waals surface area contributed by atoms with E-state index in [1.54, 1.807) is 24.3 Å². The van der Waals surface area contributed by atoms with Crippen LogP contribution >= 0.6 is 0 Å². The molecular weight excluding hydrogens is 280 g/mol. The van der Waals surface area contributed by atoms with Crippen molar-refractivity contribution in [2.45, 2.75) is 18.9 Å². The van der Waals surface area contributed by atoms with Crippen molar-refractivity contribution in [3.63, 3.8) is 0 Å². The van der Waals surface area contributed by atoms with Gasteiger partial charge in [0.1, 0.15) is 12.4 Å². The molecule has 0 saturated carbocycles. The first-order chi connectivity index (χ1) is 9.40. The van der Waals surface area contributed by atoms with Crippen LogP contribution in [0.3, 0.4) is 0 Å². The summed E-state index contributed by atoms with van der Waals surface area (Å²) >= 11 is 0. The lowest BCUT2D eigenvalue weighted by Gasteiger charge is -2.23. The number of nitrogens with two attached hydrogens (primary N) is 1. The number of hydrogen-bond donors (Lipinski definition) is 2. The molecule has 1 aromatic carbocycles. The Morgan fingerprint density at radius 3 is 2.85 bits per heavy atom. The number of rotatable bonds is 6. The minimum atomic E-state index is -3.40. The maximum absolute atomic E-state index is 12.0. The largest absolute Gasteiger partial charge is 0.490 e. The predicted octanol–water partition coefficient (Wildman–Crippen LogP) is 0.746. The van der Waals surface area contributed by atoms with Gasteiger partial charge in [0, 0.05) is 6.61 Å². The number of benzene rings is 1. The maximum Gasteiger partial charge on any atom is 0.215 e. The molecule has 1 aliphatic rings. The number of nitrogens with one attached hydrogen (secondary N) is 1. The Kier molecular flexibility index (Phi) is 4.52. The first kappa shape index (κ1) is 15.1. The van der Waals surface area contributed by atoms with Gasteiger partial charge in [0.15, 0.2) is 0 Å². The molecule has 1 fully saturated rings. The fraction of sp³-hybridized carbons (Fsp3) is 0.538. The molecule has 1 aliphatic heterocycles. The summed E-state index contributed by atoms with van der Waals surface area (Å²) < 4.78 is 37.3. The molecule has 1 aromatic rings. The highest BCUT2D eigenvalue weighted by atomic mass is 32.2. The summed E-state index contributed by atoms with van der Waals surface area (Å²) in [6, 6.07) is 7.00. The van der Waals surface area contributed by atoms with E-state index in [2.05, 4.69) is 4.72 Å². The van der Waals surface area contributed by atoms with E-state index in [0.29, 0.717) is 31.1 Å². The van der Waals surface area contributed by atoms with Gasteiger partial charge in [-0.3, -0.25) is 0 Å². The maximum atomic E-state index is 12.0. The second-order valence-electron chi connectivity index (χ2n) is 5.17. The molecule has 0 aliphatic carbocycles. The fourth-order valence-electron chi connectivity index (χ4n) is 2.05. The van der Waals surface area contributed by atoms with Crippen LogP contribution in [0.5, 0.6) is 5.75 Å². The molecule has 1 unspecified atom stereocenters. The monoisotopic (exact) mass is 300 g/mol. The molecule has 2 rings (SSSR count). The van der Waals surface area contributed by atoms with Crippen molar-refractivity contribution in [2.24, 2.45) is 0 Å². The van der Waals surface area contributed by atoms with Crippen LogP contribution in [0.1, 0.15) is 13.3 Å². The van der Waals surface area contributed by atoms with Crippen molar-refractivity contribution < 1.29 is 17.9 Å². The van der Waals surface area contributed by atoms with Crippen LogP contribution in [-0.2, 0) is 14.8 Å². The van der Waals surface area contributed by atoms with Gasteiger partial charge in [0.25, 0.3) is 0 Å². The summed E-state index contributed by atoms with van der Waals surface area (Å²) in [7, 11) is -3.40. The van der Waals surface area contributed by atoms with Crippen molar-refractivity contribution >= 4 is 15.7 Å². The van der Waals surface area contributed by atoms with Crippen LogP contribution < -0.4 is 15.2 Å². The Balaban J connectivity index is 1.85. The van der Waals surface area contributed by atoms with Crippen LogP contribution in [0.25, 0.3) is 0 Å². The summed E-state index contributed by atoms with van der Waals surface area (Å²) in [5.41, 5.74) is 5.70. The molecule has 3 N–H and O–H groups in total. The van der Waals surface area contributed by atoms with Gasteiger partial charge < -0.3 is 15.2 Å². The molecule has 6 nitrogen and oxygen atoms in total. The molecule has 0 bridgehead atoms. The summed E-state index contributed by atoms with van der Waals surface area (Å²) in [5.74, 6) is 0.384. The topological polar surface area (TPSA) is 90.7 Å². The van der Waals surface area contributed by atoms with E-state index in [9.17, 15) is 8.42 Å². The van der Waals surface area contributed by atoms with Crippen molar-refractivity contribution in [1.82, 2.24) is 4.72 Å². The molecule has 112 valence electrons. The fourth-order valence-corrected chi connectivity index (χ4v) is 3.36. The number of ether oxygens (including phenoxy) is 2. The van der Waals surface area contributed by atoms with Crippen molar-refractivity contribution in [3.05, 3.63) is 24.3 Å². The molecule has 0 aromatic heterocycles. The van der Waals surface area contributed by atoms with Gasteiger partial charge in [-0.1, -0.05) is 12.1 Å². The van der Waals surface area contributed by atoms with Gasteiger partial charge in [-0.2, -0.15) is 0 Å². The normalized spacial score (nSPS) is 22.9. The average molecular weight is 300 g/mol. The van der Waals surface area contributed by atoms with Gasteiger partial charge in [0.2, 0.25) is 10.0 Å². The van der Waals surface area contributed by atoms with E-state index in [0.717, 1.165) is 0 Å². The highest BCUT2D eigenvalue weighted by Gasteiger charge is 2.33. The Labute approximate surface area is 119 Å². The predicted molar refractivity (Wildman–Crippen MR) is 77.1 cm³/mol. The van der Waals surface area contributed by atoms with Gasteiger partial charge >= 0.3 is 0 Å². The van der Waals surface area contributed by atoms with Crippen LogP contribution in [0, 0.1) is 0 Å². The summed E-state index contributed by atoms with van der Waals surface area (Å²) in [5, 5.41) is 0. The molecule has 1 saturated heterocycles. The highest BCUT2D eigenvalue weighted by molar-refractivity contribution is 7.89. The summed E-state index contributed by atoms with van der Waals surface area (Å²) in [6.45, 7) is 2.88. The average Bonchev–Trinajstić information content (AvgIpc) is 2.77. The van der Waals surface area contributed by atoms with Crippen LogP contribution in [-0.4, -0.2) is 39.5 Å². The Bertz CT molecular complexity index is 553. The SMILES string of the molecule is CC1(NS(=O)(=O)CCOc2ccccc2N)CCOC1. The van der Waals surface area contributed by atoms with Gasteiger partial charge in [-0.15, -0.1) is 0 Å². The third-order valence-electron chi connectivity index (χ3n) is 3.15. The van der Waals surface area contributed by atoms with Crippen molar-refractivity contribution in [2.75, 3.05) is 31.3 Å². The quantitative estimate of drug-likeness (QED) is 0.756. The van der Waals surface area contributed by atoms with Gasteiger partial charge in [-0.25, -0.2) is 13.1 Å². The molecule has 0 amide bonds. The third-order valence-corrected chi connectivity index (χ3v) is 4.66. The van der Waals surface area contributed by atoms with E-state index in [1.165, 1.54) is 0 Å². The first-order valence-electron chi connectivity index (χ1n) is 6.47. The van der Waals surface area contributed by atoms with Crippen molar-refractivity contribution in [1.29, 1.82) is 0 Å². The Morgan fingerprint density at radius 1 is 1.45 bits per heavy atom. The summed E-state index contributed by atoms with van der Waals surface area (Å²) in [4.78, 5) is 0. The standard InChI is InChI=1S/C13H20N2O4S/c1-13(6-7-18-10-13)15-20(16,17)9-8-19-12-5-3-2-4-11(12)14/h2-5,15H,6-10,14H2,1H3. The molecule has 1 atom stereocenters. The minimum absolute atomic E-state index is 0.0560. The smallest absolute Gasteiger partial charge is 0.215 e. The number of sulfonamides is 1. The van der Waals surface area contributed by atoms with Crippen LogP contribution in [0.15, 0.2) is 24.3 Å². The molecule has 7 heteroatoms. The zero-order valence-corrected chi connectivity index (χ0v) is 12.3. The first-order valence-corrected chi connectivity index (χ1v) is 8.12. The van der Waals surface area contributed by atoms with Crippen molar-refractivity contribution in [3.8, 4) is 5.75 Å². The van der Waals surface area contributed by atoms with Crippen LogP contribution in [0.4, 0.5) is 5.69 Å². The number of anilines is 1. The minimum Gasteiger partial charge on any atom is -0.490 e. The second-order valence-corrected chi connectivity index (χ2v) is 7.01. The van der Waals surface area contributed by atoms with E-state index in [-0.39, 0.29) is 12.4 Å². The molecular formula is C13H20N2O4S. The van der Waals surface area contributed by atoms with E-state index in [4.69, 9.17) is 15.2 Å². The van der Waals surface area contributed by atoms with Gasteiger partial charge in [0.05, 0.1) is 23.6 Å². The number of hydrogen-bond acceptors (Lipinski definition) is 5. The van der Waals surface area contributed by atoms with Crippen LogP contribution in [0.2, 0.25) is 0 Å². The van der Waals surface area contributed by atoms with E-state index in [1.807, 2.05) is 6.92 Å². The number of nitrogen functional groups attached to an aromatic ring is 1.